The number of ether oxygens (including phenoxy) is 1. The van der Waals surface area contributed by atoms with Gasteiger partial charge in [-0.25, -0.2) is 9.37 Å². The van der Waals surface area contributed by atoms with Crippen LogP contribution in [0.5, 0.6) is 0 Å². The topological polar surface area (TPSA) is 126 Å². The number of rotatable bonds is 2. The molecule has 1 saturated heterocycles. The highest BCUT2D eigenvalue weighted by atomic mass is 19.1. The smallest absolute Gasteiger partial charge is 0.277 e. The van der Waals surface area contributed by atoms with Crippen molar-refractivity contribution < 1.29 is 19.3 Å². The van der Waals surface area contributed by atoms with Gasteiger partial charge in [0.15, 0.2) is 17.9 Å². The lowest BCUT2D eigenvalue weighted by Gasteiger charge is -2.15. The van der Waals surface area contributed by atoms with Crippen molar-refractivity contribution in [2.24, 2.45) is 0 Å². The van der Waals surface area contributed by atoms with Crippen LogP contribution in [0, 0.1) is 0 Å². The zero-order valence-corrected chi connectivity index (χ0v) is 10.2. The van der Waals surface area contributed by atoms with Gasteiger partial charge in [-0.05, 0) is 0 Å². The van der Waals surface area contributed by atoms with Crippen LogP contribution in [0.4, 0.5) is 10.2 Å². The van der Waals surface area contributed by atoms with Gasteiger partial charge in [0, 0.05) is 6.07 Å². The maximum Gasteiger partial charge on any atom is 0.277 e. The van der Waals surface area contributed by atoms with Gasteiger partial charge in [-0.1, -0.05) is 0 Å². The molecule has 3 rings (SSSR count). The van der Waals surface area contributed by atoms with Gasteiger partial charge < -0.3 is 30.2 Å². The zero-order valence-electron chi connectivity index (χ0n) is 10.2. The number of nitrogens with two attached hydrogens (primary N) is 1. The van der Waals surface area contributed by atoms with Crippen LogP contribution in [-0.4, -0.2) is 49.7 Å². The number of fused-ring (bicyclic) bond motifs is 1. The maximum atomic E-state index is 14.1. The molecule has 2 aromatic heterocycles. The number of hydrogen-bond acceptors (Lipinski definition) is 6. The molecule has 4 atom stereocenters. The fourth-order valence-electron chi connectivity index (χ4n) is 2.34. The van der Waals surface area contributed by atoms with Crippen LogP contribution in [0.25, 0.3) is 11.0 Å². The van der Waals surface area contributed by atoms with E-state index in [2.05, 4.69) is 9.97 Å². The molecule has 0 spiro atoms. The molecule has 2 aromatic rings. The van der Waals surface area contributed by atoms with Crippen molar-refractivity contribution in [2.45, 2.75) is 24.6 Å². The number of nitrogen functional groups attached to an aromatic ring is 1. The predicted octanol–water partition coefficient (Wildman–Crippen LogP) is -1.10. The van der Waals surface area contributed by atoms with E-state index < -0.39 is 36.8 Å². The Hall–Kier alpha value is -1.97. The fraction of sp³-hybridized carbons (Fsp3) is 0.455. The first-order valence-corrected chi connectivity index (χ1v) is 5.96. The molecular formula is C11H13FN4O4. The minimum absolute atomic E-state index is 0.0944. The maximum absolute atomic E-state index is 14.1. The monoisotopic (exact) mass is 284 g/mol. The van der Waals surface area contributed by atoms with Gasteiger partial charge in [-0.2, -0.15) is 0 Å². The van der Waals surface area contributed by atoms with Crippen molar-refractivity contribution in [3.05, 3.63) is 22.7 Å². The van der Waals surface area contributed by atoms with E-state index in [1.807, 2.05) is 0 Å². The lowest BCUT2D eigenvalue weighted by molar-refractivity contribution is -0.0457. The summed E-state index contributed by atoms with van der Waals surface area (Å²) in [5.74, 6) is 0.108. The second-order valence-corrected chi connectivity index (χ2v) is 4.62. The third kappa shape index (κ3) is 1.79. The number of aromatic amines is 1. The molecule has 8 nitrogen and oxygen atoms in total. The number of imidazole rings is 1. The van der Waals surface area contributed by atoms with E-state index in [0.717, 1.165) is 0 Å². The molecule has 0 radical (unpaired) electrons. The van der Waals surface area contributed by atoms with Crippen LogP contribution >= 0.6 is 0 Å². The first-order chi connectivity index (χ1) is 9.52. The third-order valence-electron chi connectivity index (χ3n) is 3.35. The highest BCUT2D eigenvalue weighted by Crippen LogP contribution is 2.33. The van der Waals surface area contributed by atoms with Gasteiger partial charge in [-0.3, -0.25) is 4.79 Å². The van der Waals surface area contributed by atoms with Gasteiger partial charge in [0.05, 0.1) is 18.5 Å². The Kier molecular flexibility index (Phi) is 2.96. The number of nitrogens with one attached hydrogen (secondary N) is 1. The number of anilines is 1. The summed E-state index contributed by atoms with van der Waals surface area (Å²) in [7, 11) is 0. The average molecular weight is 284 g/mol. The normalized spacial score (nSPS) is 30.1. The van der Waals surface area contributed by atoms with Crippen LogP contribution in [0.3, 0.4) is 0 Å². The van der Waals surface area contributed by atoms with Gasteiger partial charge in [0.2, 0.25) is 0 Å². The number of aliphatic hydroxyl groups is 2. The Morgan fingerprint density at radius 3 is 3.00 bits per heavy atom. The molecule has 0 bridgehead atoms. The molecule has 9 heteroatoms. The van der Waals surface area contributed by atoms with E-state index in [0.29, 0.717) is 5.52 Å². The van der Waals surface area contributed by atoms with Crippen LogP contribution in [-0.2, 0) is 4.74 Å². The van der Waals surface area contributed by atoms with Crippen LogP contribution in [0.1, 0.15) is 6.23 Å². The Balaban J connectivity index is 2.09. The van der Waals surface area contributed by atoms with Crippen molar-refractivity contribution in [1.82, 2.24) is 14.5 Å². The highest BCUT2D eigenvalue weighted by Gasteiger charge is 2.45. The Bertz CT molecular complexity index is 699. The average Bonchev–Trinajstić information content (AvgIpc) is 2.93. The fourth-order valence-corrected chi connectivity index (χ4v) is 2.34. The summed E-state index contributed by atoms with van der Waals surface area (Å²) in [4.78, 5) is 17.9. The summed E-state index contributed by atoms with van der Waals surface area (Å²) < 4.78 is 20.6. The number of halogens is 1. The standard InChI is InChI=1S/C11H13FN4O4/c12-7-9(18)5(2-17)20-11(7)16-3-14-8-4(16)1-6(13)15-10(8)19/h1,3,5,7,9,11,17-18H,2H2,(H3,13,15,19)/t5-,7+,9-,11-/m1/s1. The van der Waals surface area contributed by atoms with Gasteiger partial charge in [-0.15, -0.1) is 0 Å². The Morgan fingerprint density at radius 2 is 2.35 bits per heavy atom. The lowest BCUT2D eigenvalue weighted by Crippen LogP contribution is -2.30. The van der Waals surface area contributed by atoms with Crippen molar-refractivity contribution in [3.63, 3.8) is 0 Å². The zero-order chi connectivity index (χ0) is 14.4. The summed E-state index contributed by atoms with van der Waals surface area (Å²) in [5, 5.41) is 18.6. The predicted molar refractivity (Wildman–Crippen MR) is 66.7 cm³/mol. The second kappa shape index (κ2) is 4.54. The van der Waals surface area contributed by atoms with E-state index >= 15 is 0 Å². The Labute approximate surface area is 111 Å². The quantitative estimate of drug-likeness (QED) is 0.554. The number of alkyl halides is 1. The van der Waals surface area contributed by atoms with E-state index in [9.17, 15) is 14.3 Å². The summed E-state index contributed by atoms with van der Waals surface area (Å²) in [6.45, 7) is -0.507. The van der Waals surface area contributed by atoms with E-state index in [-0.39, 0.29) is 11.3 Å². The molecule has 20 heavy (non-hydrogen) atoms. The SMILES string of the molecule is Nc1cc2c(ncn2[C@@H]2O[C@H](CO)[C@@H](O)[C@@H]2F)c(=O)[nH]1. The summed E-state index contributed by atoms with van der Waals surface area (Å²) in [6.07, 6.45) is -4.14. The number of aromatic nitrogens is 3. The molecule has 1 fully saturated rings. The van der Waals surface area contributed by atoms with Crippen molar-refractivity contribution in [2.75, 3.05) is 12.3 Å². The number of pyridine rings is 1. The van der Waals surface area contributed by atoms with Gasteiger partial charge in [0.1, 0.15) is 18.0 Å². The molecule has 0 aromatic carbocycles. The Morgan fingerprint density at radius 1 is 1.60 bits per heavy atom. The molecule has 0 saturated carbocycles. The van der Waals surface area contributed by atoms with Crippen LogP contribution < -0.4 is 11.3 Å². The van der Waals surface area contributed by atoms with E-state index in [1.165, 1.54) is 17.0 Å². The molecule has 5 N–H and O–H groups in total. The molecule has 0 aliphatic carbocycles. The molecular weight excluding hydrogens is 271 g/mol. The largest absolute Gasteiger partial charge is 0.394 e. The summed E-state index contributed by atoms with van der Waals surface area (Å²) in [5.41, 5.74) is 5.44. The highest BCUT2D eigenvalue weighted by molar-refractivity contribution is 5.76. The molecule has 1 aliphatic rings. The molecule has 0 amide bonds. The van der Waals surface area contributed by atoms with Gasteiger partial charge >= 0.3 is 0 Å². The number of H-pyrrole nitrogens is 1. The van der Waals surface area contributed by atoms with Crippen molar-refractivity contribution >= 4 is 16.9 Å². The van der Waals surface area contributed by atoms with Crippen molar-refractivity contribution in [3.8, 4) is 0 Å². The van der Waals surface area contributed by atoms with Crippen molar-refractivity contribution in [1.29, 1.82) is 0 Å². The number of aliphatic hydroxyl groups excluding tert-OH is 2. The molecule has 3 heterocycles. The molecule has 0 unspecified atom stereocenters. The first-order valence-electron chi connectivity index (χ1n) is 5.96. The van der Waals surface area contributed by atoms with E-state index in [1.54, 1.807) is 0 Å². The minimum Gasteiger partial charge on any atom is -0.394 e. The van der Waals surface area contributed by atoms with Crippen LogP contribution in [0.2, 0.25) is 0 Å². The van der Waals surface area contributed by atoms with Crippen LogP contribution in [0.15, 0.2) is 17.2 Å². The molecule has 108 valence electrons. The summed E-state index contributed by atoms with van der Waals surface area (Å²) in [6, 6.07) is 1.43. The minimum atomic E-state index is -1.75. The first kappa shape index (κ1) is 13.0. The third-order valence-corrected chi connectivity index (χ3v) is 3.35. The second-order valence-electron chi connectivity index (χ2n) is 4.62. The molecule has 1 aliphatic heterocycles. The summed E-state index contributed by atoms with van der Waals surface area (Å²) >= 11 is 0. The van der Waals surface area contributed by atoms with E-state index in [4.69, 9.17) is 15.6 Å². The number of nitrogens with zero attached hydrogens (tertiary/aromatic N) is 2. The number of hydrogen-bond donors (Lipinski definition) is 4. The van der Waals surface area contributed by atoms with Gasteiger partial charge in [0.25, 0.3) is 5.56 Å². The lowest BCUT2D eigenvalue weighted by atomic mass is 10.1.